The lowest BCUT2D eigenvalue weighted by Gasteiger charge is -2.30. The van der Waals surface area contributed by atoms with E-state index in [1.807, 2.05) is 0 Å². The predicted octanol–water partition coefficient (Wildman–Crippen LogP) is 2.49. The zero-order valence-corrected chi connectivity index (χ0v) is 10.9. The molecular weight excluding hydrogens is 184 g/mol. The van der Waals surface area contributed by atoms with Crippen molar-refractivity contribution in [3.05, 3.63) is 0 Å². The van der Waals surface area contributed by atoms with Crippen LogP contribution in [0.15, 0.2) is 0 Å². The van der Waals surface area contributed by atoms with E-state index in [-0.39, 0.29) is 0 Å². The molecule has 0 aromatic heterocycles. The van der Waals surface area contributed by atoms with Crippen LogP contribution in [0.5, 0.6) is 0 Å². The second-order valence-corrected chi connectivity index (χ2v) is 5.43. The Labute approximate surface area is 95.4 Å². The SMILES string of the molecule is CCCC1CN(CC(C)C)C(C)CCN1. The van der Waals surface area contributed by atoms with Gasteiger partial charge in [-0.15, -0.1) is 0 Å². The predicted molar refractivity (Wildman–Crippen MR) is 67.2 cm³/mol. The van der Waals surface area contributed by atoms with Crippen LogP contribution in [0.1, 0.15) is 47.0 Å². The molecule has 1 rings (SSSR count). The maximum Gasteiger partial charge on any atom is 0.0195 e. The Kier molecular flexibility index (Phi) is 5.62. The van der Waals surface area contributed by atoms with Gasteiger partial charge in [-0.3, -0.25) is 4.90 Å². The van der Waals surface area contributed by atoms with Gasteiger partial charge in [-0.2, -0.15) is 0 Å². The molecule has 1 aliphatic heterocycles. The van der Waals surface area contributed by atoms with Crippen LogP contribution in [0.25, 0.3) is 0 Å². The van der Waals surface area contributed by atoms with Gasteiger partial charge in [0.1, 0.15) is 0 Å². The Morgan fingerprint density at radius 3 is 2.73 bits per heavy atom. The Hall–Kier alpha value is -0.0800. The first-order valence-electron chi connectivity index (χ1n) is 6.61. The van der Waals surface area contributed by atoms with Crippen molar-refractivity contribution >= 4 is 0 Å². The minimum Gasteiger partial charge on any atom is -0.313 e. The highest BCUT2D eigenvalue weighted by Crippen LogP contribution is 2.13. The fraction of sp³-hybridized carbons (Fsp3) is 1.00. The average Bonchev–Trinajstić information content (AvgIpc) is 2.30. The summed E-state index contributed by atoms with van der Waals surface area (Å²) in [5, 5.41) is 3.67. The van der Waals surface area contributed by atoms with Gasteiger partial charge in [0.2, 0.25) is 0 Å². The second kappa shape index (κ2) is 6.49. The van der Waals surface area contributed by atoms with Crippen LogP contribution in [-0.2, 0) is 0 Å². The quantitative estimate of drug-likeness (QED) is 0.770. The maximum atomic E-state index is 3.67. The molecule has 1 fully saturated rings. The van der Waals surface area contributed by atoms with Gasteiger partial charge in [-0.25, -0.2) is 0 Å². The fourth-order valence-corrected chi connectivity index (χ4v) is 2.47. The third kappa shape index (κ3) is 4.52. The van der Waals surface area contributed by atoms with Crippen molar-refractivity contribution in [1.82, 2.24) is 10.2 Å². The molecule has 0 aliphatic carbocycles. The second-order valence-electron chi connectivity index (χ2n) is 5.43. The zero-order chi connectivity index (χ0) is 11.3. The van der Waals surface area contributed by atoms with E-state index in [2.05, 4.69) is 37.9 Å². The van der Waals surface area contributed by atoms with Crippen molar-refractivity contribution in [2.75, 3.05) is 19.6 Å². The molecule has 1 saturated heterocycles. The molecule has 1 heterocycles. The molecule has 0 saturated carbocycles. The zero-order valence-electron chi connectivity index (χ0n) is 10.9. The monoisotopic (exact) mass is 212 g/mol. The van der Waals surface area contributed by atoms with Crippen molar-refractivity contribution in [3.8, 4) is 0 Å². The van der Waals surface area contributed by atoms with E-state index in [1.165, 1.54) is 38.9 Å². The molecule has 0 bridgehead atoms. The van der Waals surface area contributed by atoms with E-state index in [0.717, 1.165) is 18.0 Å². The number of nitrogens with one attached hydrogen (secondary N) is 1. The van der Waals surface area contributed by atoms with Crippen LogP contribution in [0.4, 0.5) is 0 Å². The van der Waals surface area contributed by atoms with Gasteiger partial charge in [0.25, 0.3) is 0 Å². The summed E-state index contributed by atoms with van der Waals surface area (Å²) in [6, 6.07) is 1.47. The Morgan fingerprint density at radius 1 is 1.40 bits per heavy atom. The summed E-state index contributed by atoms with van der Waals surface area (Å²) in [6.45, 7) is 13.0. The lowest BCUT2D eigenvalue weighted by molar-refractivity contribution is 0.180. The smallest absolute Gasteiger partial charge is 0.0195 e. The standard InChI is InChI=1S/C13H28N2/c1-5-6-13-10-15(9-11(2)3)12(4)7-8-14-13/h11-14H,5-10H2,1-4H3. The first-order chi connectivity index (χ1) is 7.13. The van der Waals surface area contributed by atoms with Crippen LogP contribution >= 0.6 is 0 Å². The normalized spacial score (nSPS) is 29.4. The number of rotatable bonds is 4. The van der Waals surface area contributed by atoms with Gasteiger partial charge in [0, 0.05) is 25.2 Å². The summed E-state index contributed by atoms with van der Waals surface area (Å²) < 4.78 is 0. The van der Waals surface area contributed by atoms with Crippen molar-refractivity contribution in [1.29, 1.82) is 0 Å². The van der Waals surface area contributed by atoms with Crippen LogP contribution in [0.2, 0.25) is 0 Å². The van der Waals surface area contributed by atoms with E-state index in [9.17, 15) is 0 Å². The number of hydrogen-bond donors (Lipinski definition) is 1. The third-order valence-electron chi connectivity index (χ3n) is 3.31. The van der Waals surface area contributed by atoms with Crippen molar-refractivity contribution in [2.45, 2.75) is 59.0 Å². The molecule has 1 aliphatic rings. The molecule has 0 amide bonds. The minimum absolute atomic E-state index is 0.721. The van der Waals surface area contributed by atoms with Crippen LogP contribution < -0.4 is 5.32 Å². The van der Waals surface area contributed by atoms with E-state index in [0.29, 0.717) is 0 Å². The fourth-order valence-electron chi connectivity index (χ4n) is 2.47. The largest absolute Gasteiger partial charge is 0.313 e. The maximum absolute atomic E-state index is 3.67. The van der Waals surface area contributed by atoms with Crippen molar-refractivity contribution in [2.24, 2.45) is 5.92 Å². The Morgan fingerprint density at radius 2 is 2.13 bits per heavy atom. The topological polar surface area (TPSA) is 15.3 Å². The first kappa shape index (κ1) is 13.0. The summed E-state index contributed by atoms with van der Waals surface area (Å²) in [7, 11) is 0. The van der Waals surface area contributed by atoms with E-state index < -0.39 is 0 Å². The van der Waals surface area contributed by atoms with E-state index in [4.69, 9.17) is 0 Å². The molecule has 2 atom stereocenters. The molecule has 2 heteroatoms. The van der Waals surface area contributed by atoms with Crippen molar-refractivity contribution in [3.63, 3.8) is 0 Å². The summed E-state index contributed by atoms with van der Waals surface area (Å²) in [6.07, 6.45) is 3.91. The molecule has 90 valence electrons. The molecule has 1 N–H and O–H groups in total. The summed E-state index contributed by atoms with van der Waals surface area (Å²) in [5.74, 6) is 0.785. The van der Waals surface area contributed by atoms with Gasteiger partial charge in [0.05, 0.1) is 0 Å². The summed E-state index contributed by atoms with van der Waals surface area (Å²) >= 11 is 0. The Bertz CT molecular complexity index is 168. The van der Waals surface area contributed by atoms with E-state index >= 15 is 0 Å². The molecule has 0 aromatic carbocycles. The van der Waals surface area contributed by atoms with Crippen molar-refractivity contribution < 1.29 is 0 Å². The molecule has 2 unspecified atom stereocenters. The molecule has 2 nitrogen and oxygen atoms in total. The van der Waals surface area contributed by atoms with Gasteiger partial charge in [-0.05, 0) is 32.2 Å². The van der Waals surface area contributed by atoms with Gasteiger partial charge < -0.3 is 5.32 Å². The van der Waals surface area contributed by atoms with Crippen LogP contribution in [-0.4, -0.2) is 36.6 Å². The van der Waals surface area contributed by atoms with Gasteiger partial charge >= 0.3 is 0 Å². The molecule has 0 radical (unpaired) electrons. The summed E-state index contributed by atoms with van der Waals surface area (Å²) in [4.78, 5) is 2.67. The van der Waals surface area contributed by atoms with E-state index in [1.54, 1.807) is 0 Å². The molecule has 0 spiro atoms. The highest BCUT2D eigenvalue weighted by atomic mass is 15.2. The summed E-state index contributed by atoms with van der Waals surface area (Å²) in [5.41, 5.74) is 0. The van der Waals surface area contributed by atoms with Crippen LogP contribution in [0, 0.1) is 5.92 Å². The first-order valence-corrected chi connectivity index (χ1v) is 6.61. The molecule has 15 heavy (non-hydrogen) atoms. The minimum atomic E-state index is 0.721. The molecule has 0 aromatic rings. The average molecular weight is 212 g/mol. The third-order valence-corrected chi connectivity index (χ3v) is 3.31. The highest BCUT2D eigenvalue weighted by Gasteiger charge is 2.22. The van der Waals surface area contributed by atoms with Crippen LogP contribution in [0.3, 0.4) is 0 Å². The number of hydrogen-bond acceptors (Lipinski definition) is 2. The lowest BCUT2D eigenvalue weighted by Crippen LogP contribution is -2.41. The molecular formula is C13H28N2. The Balaban J connectivity index is 2.48. The van der Waals surface area contributed by atoms with Gasteiger partial charge in [-0.1, -0.05) is 27.2 Å². The lowest BCUT2D eigenvalue weighted by atomic mass is 10.1. The number of nitrogens with zero attached hydrogens (tertiary/aromatic N) is 1. The van der Waals surface area contributed by atoms with Gasteiger partial charge in [0.15, 0.2) is 0 Å². The highest BCUT2D eigenvalue weighted by molar-refractivity contribution is 4.81.